The standard InChI is InChI=1S/C27H22N4O6S/c28-13-22-21(18-5-8-36-15-18)12-23(17-1-3-20(4-2-17)31-6-9-35-10-7-31)30-26(22)37-16-25-19(14-29-34)11-24(38-25)27(32)33/h1-5,8,11-12,15,25,34H,6-7,9-10,16H2,(H,32,33). The molecular formula is C27H22N4O6S. The third kappa shape index (κ3) is 5.28. The van der Waals surface area contributed by atoms with Gasteiger partial charge in [-0.05, 0) is 35.5 Å². The predicted molar refractivity (Wildman–Crippen MR) is 140 cm³/mol. The number of furan rings is 1. The van der Waals surface area contributed by atoms with Crippen molar-refractivity contribution >= 4 is 29.3 Å². The maximum absolute atomic E-state index is 11.4. The molecule has 38 heavy (non-hydrogen) atoms. The molecule has 2 aliphatic heterocycles. The topological polar surface area (TPSA) is 141 Å². The van der Waals surface area contributed by atoms with E-state index in [4.69, 9.17) is 19.1 Å². The van der Waals surface area contributed by atoms with E-state index in [0.717, 1.165) is 36.1 Å². The monoisotopic (exact) mass is 530 g/mol. The number of nitrogens with zero attached hydrogens (tertiary/aromatic N) is 4. The Morgan fingerprint density at radius 2 is 2.03 bits per heavy atom. The molecule has 2 aromatic heterocycles. The summed E-state index contributed by atoms with van der Waals surface area (Å²) >= 11 is 1.04. The van der Waals surface area contributed by atoms with Crippen LogP contribution in [-0.2, 0) is 9.53 Å². The summed E-state index contributed by atoms with van der Waals surface area (Å²) in [5, 5.41) is 30.7. The Labute approximate surface area is 222 Å². The van der Waals surface area contributed by atoms with Crippen LogP contribution in [0.4, 0.5) is 5.69 Å². The summed E-state index contributed by atoms with van der Waals surface area (Å²) in [6.07, 6.45) is 4.44. The largest absolute Gasteiger partial charge is 0.477 e. The first-order valence-corrected chi connectivity index (χ1v) is 12.6. The molecule has 2 N–H and O–H groups in total. The summed E-state index contributed by atoms with van der Waals surface area (Å²) < 4.78 is 16.7. The van der Waals surface area contributed by atoms with E-state index < -0.39 is 11.2 Å². The summed E-state index contributed by atoms with van der Waals surface area (Å²) in [6.45, 7) is 3.01. The fraction of sp³-hybridized carbons (Fsp3) is 0.222. The molecule has 1 atom stereocenters. The zero-order valence-corrected chi connectivity index (χ0v) is 20.9. The average Bonchev–Trinajstić information content (AvgIpc) is 3.63. The number of carboxylic acids is 1. The normalized spacial score (nSPS) is 16.9. The highest BCUT2D eigenvalue weighted by Crippen LogP contribution is 2.38. The van der Waals surface area contributed by atoms with E-state index in [1.165, 1.54) is 12.3 Å². The smallest absolute Gasteiger partial charge is 0.342 e. The van der Waals surface area contributed by atoms with Crippen molar-refractivity contribution in [2.24, 2.45) is 5.16 Å². The fourth-order valence-corrected chi connectivity index (χ4v) is 5.22. The van der Waals surface area contributed by atoms with Gasteiger partial charge < -0.3 is 29.1 Å². The Kier molecular flexibility index (Phi) is 7.47. The second kappa shape index (κ2) is 11.3. The van der Waals surface area contributed by atoms with Crippen molar-refractivity contribution in [2.45, 2.75) is 5.25 Å². The van der Waals surface area contributed by atoms with Crippen LogP contribution in [0.25, 0.3) is 22.4 Å². The summed E-state index contributed by atoms with van der Waals surface area (Å²) in [4.78, 5) is 18.4. The van der Waals surface area contributed by atoms with Crippen molar-refractivity contribution in [3.05, 3.63) is 71.0 Å². The Morgan fingerprint density at radius 3 is 2.68 bits per heavy atom. The van der Waals surface area contributed by atoms with Crippen LogP contribution < -0.4 is 9.64 Å². The molecule has 0 saturated carbocycles. The molecule has 10 nitrogen and oxygen atoms in total. The van der Waals surface area contributed by atoms with Gasteiger partial charge >= 0.3 is 5.97 Å². The highest BCUT2D eigenvalue weighted by atomic mass is 32.2. The second-order valence-corrected chi connectivity index (χ2v) is 9.65. The number of pyridine rings is 1. The molecule has 4 heterocycles. The minimum Gasteiger partial charge on any atom is -0.477 e. The number of aromatic nitrogens is 1. The van der Waals surface area contributed by atoms with E-state index >= 15 is 0 Å². The number of ether oxygens (including phenoxy) is 2. The maximum Gasteiger partial charge on any atom is 0.342 e. The summed E-state index contributed by atoms with van der Waals surface area (Å²) in [5.74, 6) is 1.39. The van der Waals surface area contributed by atoms with Gasteiger partial charge in [-0.15, -0.1) is 11.8 Å². The number of morpholine rings is 1. The fourth-order valence-electron chi connectivity index (χ4n) is 4.23. The molecule has 5 rings (SSSR count). The third-order valence-electron chi connectivity index (χ3n) is 6.13. The quantitative estimate of drug-likeness (QED) is 0.260. The maximum atomic E-state index is 11.4. The number of aliphatic carboxylic acids is 1. The minimum atomic E-state index is -1.10. The lowest BCUT2D eigenvalue weighted by molar-refractivity contribution is -0.131. The van der Waals surface area contributed by atoms with Gasteiger partial charge in [0.1, 0.15) is 18.2 Å². The summed E-state index contributed by atoms with van der Waals surface area (Å²) in [5.41, 5.74) is 4.38. The molecule has 0 radical (unpaired) electrons. The molecule has 0 aliphatic carbocycles. The molecule has 192 valence electrons. The van der Waals surface area contributed by atoms with Crippen molar-refractivity contribution in [3.63, 3.8) is 0 Å². The average molecular weight is 531 g/mol. The van der Waals surface area contributed by atoms with Crippen LogP contribution in [0, 0.1) is 11.3 Å². The SMILES string of the molecule is N#Cc1c(-c2ccoc2)cc(-c2ccc(N3CCOCC3)cc2)nc1OCC1SC(C(=O)O)=CC1=C=NO. The molecule has 0 amide bonds. The van der Waals surface area contributed by atoms with Crippen LogP contribution in [0.15, 0.2) is 75.1 Å². The molecule has 3 aromatic rings. The van der Waals surface area contributed by atoms with Crippen molar-refractivity contribution in [2.75, 3.05) is 37.8 Å². The Morgan fingerprint density at radius 1 is 1.24 bits per heavy atom. The lowest BCUT2D eigenvalue weighted by atomic mass is 10.0. The Bertz CT molecular complexity index is 1460. The van der Waals surface area contributed by atoms with Gasteiger partial charge in [-0.25, -0.2) is 9.78 Å². The zero-order valence-electron chi connectivity index (χ0n) is 20.0. The van der Waals surface area contributed by atoms with E-state index in [-0.39, 0.29) is 23.0 Å². The molecule has 1 saturated heterocycles. The molecule has 1 fully saturated rings. The molecule has 1 unspecified atom stereocenters. The Hall–Kier alpha value is -4.49. The molecular weight excluding hydrogens is 508 g/mol. The molecule has 11 heteroatoms. The highest BCUT2D eigenvalue weighted by molar-refractivity contribution is 8.05. The van der Waals surface area contributed by atoms with Crippen LogP contribution in [0.5, 0.6) is 5.88 Å². The number of benzene rings is 1. The van der Waals surface area contributed by atoms with Gasteiger partial charge in [0.2, 0.25) is 5.88 Å². The van der Waals surface area contributed by atoms with E-state index in [1.54, 1.807) is 12.3 Å². The van der Waals surface area contributed by atoms with Crippen LogP contribution in [-0.4, -0.2) is 65.3 Å². The van der Waals surface area contributed by atoms with Gasteiger partial charge in [0.05, 0.1) is 41.6 Å². The molecule has 0 bridgehead atoms. The minimum absolute atomic E-state index is 0.0261. The van der Waals surface area contributed by atoms with Crippen molar-refractivity contribution in [1.82, 2.24) is 4.98 Å². The zero-order chi connectivity index (χ0) is 26.5. The van der Waals surface area contributed by atoms with E-state index in [0.29, 0.717) is 35.6 Å². The lowest BCUT2D eigenvalue weighted by Crippen LogP contribution is -2.36. The lowest BCUT2D eigenvalue weighted by Gasteiger charge is -2.28. The van der Waals surface area contributed by atoms with Gasteiger partial charge in [-0.2, -0.15) is 5.26 Å². The number of allylic oxidation sites excluding steroid dienone is 1. The highest BCUT2D eigenvalue weighted by Gasteiger charge is 2.29. The van der Waals surface area contributed by atoms with E-state index in [2.05, 4.69) is 27.0 Å². The van der Waals surface area contributed by atoms with Crippen LogP contribution in [0.2, 0.25) is 0 Å². The predicted octanol–water partition coefficient (Wildman–Crippen LogP) is 4.16. The van der Waals surface area contributed by atoms with Gasteiger partial charge in [-0.1, -0.05) is 12.1 Å². The number of nitriles is 1. The third-order valence-corrected chi connectivity index (χ3v) is 7.35. The number of thioether (sulfide) groups is 1. The van der Waals surface area contributed by atoms with Crippen molar-refractivity contribution in [3.8, 4) is 34.3 Å². The Balaban J connectivity index is 1.48. The number of hydrogen-bond acceptors (Lipinski definition) is 10. The number of carbonyl (C=O) groups is 1. The first-order valence-electron chi connectivity index (χ1n) is 11.7. The van der Waals surface area contributed by atoms with E-state index in [1.807, 2.05) is 30.3 Å². The number of rotatable bonds is 7. The molecule has 2 aliphatic rings. The first kappa shape index (κ1) is 25.2. The van der Waals surface area contributed by atoms with Gasteiger partial charge in [0, 0.05) is 46.9 Å². The van der Waals surface area contributed by atoms with Gasteiger partial charge in [-0.3, -0.25) is 0 Å². The summed E-state index contributed by atoms with van der Waals surface area (Å²) in [6, 6.07) is 13.7. The first-order chi connectivity index (χ1) is 18.6. The van der Waals surface area contributed by atoms with Crippen molar-refractivity contribution < 1.29 is 29.0 Å². The molecule has 1 aromatic carbocycles. The number of carboxylic acid groups (broad SMARTS) is 1. The van der Waals surface area contributed by atoms with Crippen LogP contribution in [0.1, 0.15) is 5.56 Å². The van der Waals surface area contributed by atoms with Gasteiger partial charge in [0.15, 0.2) is 0 Å². The molecule has 0 spiro atoms. The van der Waals surface area contributed by atoms with E-state index in [9.17, 15) is 15.2 Å². The summed E-state index contributed by atoms with van der Waals surface area (Å²) in [7, 11) is 0. The van der Waals surface area contributed by atoms with Crippen molar-refractivity contribution in [1.29, 1.82) is 5.26 Å². The van der Waals surface area contributed by atoms with Crippen LogP contribution >= 0.6 is 11.8 Å². The second-order valence-electron chi connectivity index (χ2n) is 8.40. The van der Waals surface area contributed by atoms with Gasteiger partial charge in [0.25, 0.3) is 0 Å². The number of anilines is 1. The number of hydrogen-bond donors (Lipinski definition) is 2. The van der Waals surface area contributed by atoms with Crippen LogP contribution in [0.3, 0.4) is 0 Å².